The number of likely N-dealkylation sites (tertiary alicyclic amines) is 1. The number of hydrogen-bond donors (Lipinski definition) is 0. The van der Waals surface area contributed by atoms with E-state index in [9.17, 15) is 4.39 Å². The first-order valence-electron chi connectivity index (χ1n) is 11.7. The highest BCUT2D eigenvalue weighted by Gasteiger charge is 2.20. The van der Waals surface area contributed by atoms with Gasteiger partial charge in [-0.3, -0.25) is 4.90 Å². The molecule has 1 saturated heterocycles. The zero-order valence-corrected chi connectivity index (χ0v) is 19.6. The lowest BCUT2D eigenvalue weighted by atomic mass is 10.0. The van der Waals surface area contributed by atoms with Gasteiger partial charge in [0.25, 0.3) is 0 Å². The highest BCUT2D eigenvalue weighted by atomic mass is 19.1. The highest BCUT2D eigenvalue weighted by molar-refractivity contribution is 5.85. The molecule has 0 spiro atoms. The minimum absolute atomic E-state index is 0.235. The normalized spacial score (nSPS) is 15.5. The van der Waals surface area contributed by atoms with E-state index in [1.807, 2.05) is 7.05 Å². The molecular formula is C28H31FN4. The second-order valence-electron chi connectivity index (χ2n) is 9.37. The highest BCUT2D eigenvalue weighted by Crippen LogP contribution is 2.29. The molecule has 3 aromatic carbocycles. The third-order valence-corrected chi connectivity index (χ3v) is 6.96. The van der Waals surface area contributed by atoms with E-state index < -0.39 is 0 Å². The smallest absolute Gasteiger partial charge is 0.140 e. The van der Waals surface area contributed by atoms with Crippen LogP contribution in [0.1, 0.15) is 18.4 Å². The number of aromatic nitrogens is 2. The third kappa shape index (κ3) is 4.56. The van der Waals surface area contributed by atoms with E-state index >= 15 is 0 Å². The molecule has 1 aliphatic rings. The molecule has 1 aliphatic heterocycles. The zero-order valence-electron chi connectivity index (χ0n) is 19.6. The van der Waals surface area contributed by atoms with E-state index in [1.165, 1.54) is 41.7 Å². The Bertz CT molecular complexity index is 1230. The van der Waals surface area contributed by atoms with Crippen LogP contribution < -0.4 is 0 Å². The quantitative estimate of drug-likeness (QED) is 0.404. The molecule has 0 atom stereocenters. The van der Waals surface area contributed by atoms with Crippen molar-refractivity contribution in [1.82, 2.24) is 19.4 Å². The molecule has 5 rings (SSSR count). The van der Waals surface area contributed by atoms with Gasteiger partial charge >= 0.3 is 0 Å². The molecule has 1 aromatic heterocycles. The summed E-state index contributed by atoms with van der Waals surface area (Å²) >= 11 is 0. The van der Waals surface area contributed by atoms with Gasteiger partial charge in [-0.2, -0.15) is 0 Å². The maximum atomic E-state index is 13.3. The third-order valence-electron chi connectivity index (χ3n) is 6.96. The van der Waals surface area contributed by atoms with Crippen LogP contribution in [0, 0.1) is 5.82 Å². The van der Waals surface area contributed by atoms with Gasteiger partial charge in [0, 0.05) is 25.2 Å². The lowest BCUT2D eigenvalue weighted by molar-refractivity contribution is 0.140. The Labute approximate surface area is 195 Å². The fourth-order valence-corrected chi connectivity index (χ4v) is 4.88. The number of hydrogen-bond acceptors (Lipinski definition) is 3. The molecule has 0 saturated carbocycles. The maximum Gasteiger partial charge on any atom is 0.140 e. The Morgan fingerprint density at radius 3 is 2.18 bits per heavy atom. The monoisotopic (exact) mass is 442 g/mol. The standard InChI is InChI=1S/C28H31FN4/c1-31(2)25-14-16-33(17-15-25)19-20-4-6-21(7-5-20)23-10-13-26-27(18-23)32(3)28(30-26)22-8-11-24(29)12-9-22/h4-13,18,25H,14-17,19H2,1-3H3. The number of aryl methyl sites for hydroxylation is 1. The van der Waals surface area contributed by atoms with Gasteiger partial charge in [0.15, 0.2) is 0 Å². The summed E-state index contributed by atoms with van der Waals surface area (Å²) in [5.41, 5.74) is 6.67. The first kappa shape index (κ1) is 21.8. The molecule has 2 heterocycles. The minimum Gasteiger partial charge on any atom is -0.327 e. The van der Waals surface area contributed by atoms with Crippen molar-refractivity contribution in [3.63, 3.8) is 0 Å². The lowest BCUT2D eigenvalue weighted by Gasteiger charge is -2.35. The van der Waals surface area contributed by atoms with Crippen LogP contribution in [-0.4, -0.2) is 52.6 Å². The second-order valence-corrected chi connectivity index (χ2v) is 9.37. The molecule has 0 aliphatic carbocycles. The first-order chi connectivity index (χ1) is 16.0. The largest absolute Gasteiger partial charge is 0.327 e. The Kier molecular flexibility index (Phi) is 6.00. The number of benzene rings is 3. The van der Waals surface area contributed by atoms with Crippen molar-refractivity contribution in [1.29, 1.82) is 0 Å². The number of piperidine rings is 1. The molecule has 0 unspecified atom stereocenters. The summed E-state index contributed by atoms with van der Waals surface area (Å²) in [6.07, 6.45) is 2.49. The minimum atomic E-state index is -0.235. The van der Waals surface area contributed by atoms with E-state index in [0.717, 1.165) is 42.1 Å². The molecule has 33 heavy (non-hydrogen) atoms. The van der Waals surface area contributed by atoms with Crippen molar-refractivity contribution in [2.45, 2.75) is 25.4 Å². The molecule has 0 amide bonds. The molecule has 4 aromatic rings. The van der Waals surface area contributed by atoms with Gasteiger partial charge in [-0.25, -0.2) is 9.37 Å². The maximum absolute atomic E-state index is 13.3. The van der Waals surface area contributed by atoms with Crippen LogP contribution in [0.25, 0.3) is 33.5 Å². The predicted octanol–water partition coefficient (Wildman–Crippen LogP) is 5.57. The van der Waals surface area contributed by atoms with Crippen LogP contribution in [0.2, 0.25) is 0 Å². The van der Waals surface area contributed by atoms with Crippen molar-refractivity contribution >= 4 is 11.0 Å². The summed E-state index contributed by atoms with van der Waals surface area (Å²) in [5, 5.41) is 0. The number of rotatable bonds is 5. The summed E-state index contributed by atoms with van der Waals surface area (Å²) < 4.78 is 15.4. The van der Waals surface area contributed by atoms with Gasteiger partial charge in [-0.05, 0) is 93.1 Å². The van der Waals surface area contributed by atoms with E-state index in [4.69, 9.17) is 4.98 Å². The van der Waals surface area contributed by atoms with Crippen molar-refractivity contribution in [2.75, 3.05) is 27.2 Å². The molecule has 0 bridgehead atoms. The predicted molar refractivity (Wildman–Crippen MR) is 134 cm³/mol. The van der Waals surface area contributed by atoms with Gasteiger partial charge < -0.3 is 9.47 Å². The average Bonchev–Trinajstić information content (AvgIpc) is 3.16. The topological polar surface area (TPSA) is 24.3 Å². The SMILES string of the molecule is CN(C)C1CCN(Cc2ccc(-c3ccc4nc(-c5ccc(F)cc5)n(C)c4c3)cc2)CC1. The van der Waals surface area contributed by atoms with E-state index in [-0.39, 0.29) is 5.82 Å². The van der Waals surface area contributed by atoms with Crippen LogP contribution in [0.15, 0.2) is 66.7 Å². The molecule has 1 fully saturated rings. The van der Waals surface area contributed by atoms with Crippen molar-refractivity contribution in [2.24, 2.45) is 7.05 Å². The summed E-state index contributed by atoms with van der Waals surface area (Å²) in [7, 11) is 6.39. The summed E-state index contributed by atoms with van der Waals surface area (Å²) in [6.45, 7) is 3.35. The summed E-state index contributed by atoms with van der Waals surface area (Å²) in [6, 6.07) is 22.6. The number of fused-ring (bicyclic) bond motifs is 1. The molecule has 4 nitrogen and oxygen atoms in total. The first-order valence-corrected chi connectivity index (χ1v) is 11.7. The molecule has 5 heteroatoms. The molecular weight excluding hydrogens is 411 g/mol. The Morgan fingerprint density at radius 1 is 0.879 bits per heavy atom. The second kappa shape index (κ2) is 9.08. The van der Waals surface area contributed by atoms with Gasteiger partial charge in [0.2, 0.25) is 0 Å². The van der Waals surface area contributed by atoms with Crippen molar-refractivity contribution < 1.29 is 4.39 Å². The van der Waals surface area contributed by atoms with Gasteiger partial charge in [-0.15, -0.1) is 0 Å². The van der Waals surface area contributed by atoms with Crippen LogP contribution in [0.5, 0.6) is 0 Å². The van der Waals surface area contributed by atoms with Crippen LogP contribution in [0.3, 0.4) is 0 Å². The van der Waals surface area contributed by atoms with Gasteiger partial charge in [0.1, 0.15) is 11.6 Å². The fraction of sp³-hybridized carbons (Fsp3) is 0.321. The van der Waals surface area contributed by atoms with Crippen LogP contribution in [-0.2, 0) is 13.6 Å². The summed E-state index contributed by atoms with van der Waals surface area (Å²) in [5.74, 6) is 0.608. The lowest BCUT2D eigenvalue weighted by Crippen LogP contribution is -2.41. The number of halogens is 1. The van der Waals surface area contributed by atoms with Gasteiger partial charge in [-0.1, -0.05) is 30.3 Å². The number of imidazole rings is 1. The summed E-state index contributed by atoms with van der Waals surface area (Å²) in [4.78, 5) is 9.69. The van der Waals surface area contributed by atoms with Crippen molar-refractivity contribution in [3.8, 4) is 22.5 Å². The molecule has 0 radical (unpaired) electrons. The van der Waals surface area contributed by atoms with Crippen molar-refractivity contribution in [3.05, 3.63) is 78.1 Å². The molecule has 170 valence electrons. The fourth-order valence-electron chi connectivity index (χ4n) is 4.88. The molecule has 0 N–H and O–H groups in total. The number of nitrogens with zero attached hydrogens (tertiary/aromatic N) is 4. The van der Waals surface area contributed by atoms with Gasteiger partial charge in [0.05, 0.1) is 11.0 Å². The van der Waals surface area contributed by atoms with Crippen LogP contribution in [0.4, 0.5) is 4.39 Å². The zero-order chi connectivity index (χ0) is 22.9. The Balaban J connectivity index is 1.33. The van der Waals surface area contributed by atoms with E-state index in [1.54, 1.807) is 12.1 Å². The van der Waals surface area contributed by atoms with E-state index in [0.29, 0.717) is 6.04 Å². The Hall–Kier alpha value is -3.02. The van der Waals surface area contributed by atoms with Crippen LogP contribution >= 0.6 is 0 Å². The average molecular weight is 443 g/mol. The Morgan fingerprint density at radius 2 is 1.52 bits per heavy atom. The van der Waals surface area contributed by atoms with E-state index in [2.05, 4.69) is 70.9 Å².